The number of nitrogens with zero attached hydrogens (tertiary/aromatic N) is 2. The van der Waals surface area contributed by atoms with Crippen LogP contribution in [-0.4, -0.2) is 29.0 Å². The fourth-order valence-corrected chi connectivity index (χ4v) is 3.54. The van der Waals surface area contributed by atoms with Crippen LogP contribution in [0.25, 0.3) is 0 Å². The molecule has 2 heterocycles. The van der Waals surface area contributed by atoms with Gasteiger partial charge in [-0.2, -0.15) is 18.3 Å². The van der Waals surface area contributed by atoms with Gasteiger partial charge in [0, 0.05) is 18.6 Å². The van der Waals surface area contributed by atoms with Crippen LogP contribution in [0.15, 0.2) is 48.5 Å². The van der Waals surface area contributed by atoms with Crippen molar-refractivity contribution in [2.45, 2.75) is 24.7 Å². The van der Waals surface area contributed by atoms with Crippen LogP contribution in [0, 0.1) is 11.6 Å². The SMILES string of the molecule is COc1cccc([C@@H]2C[C@@H](C(F)(F)F)n3nc(C(=O)Nc4ccc(F)cc4F)cc3N2)c1. The van der Waals surface area contributed by atoms with Crippen LogP contribution in [0.4, 0.5) is 33.5 Å². The summed E-state index contributed by atoms with van der Waals surface area (Å²) in [6.07, 6.45) is -4.99. The molecule has 0 fully saturated rings. The van der Waals surface area contributed by atoms with Crippen LogP contribution in [-0.2, 0) is 0 Å². The summed E-state index contributed by atoms with van der Waals surface area (Å²) in [5.74, 6) is -2.31. The third-order valence-corrected chi connectivity index (χ3v) is 5.10. The van der Waals surface area contributed by atoms with E-state index in [0.717, 1.165) is 18.2 Å². The van der Waals surface area contributed by atoms with E-state index in [1.165, 1.54) is 7.11 Å². The summed E-state index contributed by atoms with van der Waals surface area (Å²) in [5, 5.41) is 8.96. The van der Waals surface area contributed by atoms with Gasteiger partial charge in [-0.25, -0.2) is 13.5 Å². The second-order valence-corrected chi connectivity index (χ2v) is 7.20. The van der Waals surface area contributed by atoms with Crippen molar-refractivity contribution in [2.75, 3.05) is 17.7 Å². The van der Waals surface area contributed by atoms with E-state index < -0.39 is 35.8 Å². The molecule has 1 aliphatic heterocycles. The van der Waals surface area contributed by atoms with Crippen LogP contribution in [0.1, 0.15) is 34.6 Å². The third kappa shape index (κ3) is 4.23. The number of fused-ring (bicyclic) bond motifs is 1. The predicted octanol–water partition coefficient (Wildman–Crippen LogP) is 5.08. The number of methoxy groups -OCH3 is 1. The Labute approximate surface area is 179 Å². The molecule has 2 N–H and O–H groups in total. The number of halogens is 5. The minimum Gasteiger partial charge on any atom is -0.497 e. The number of ether oxygens (including phenoxy) is 1. The van der Waals surface area contributed by atoms with Crippen molar-refractivity contribution in [1.82, 2.24) is 9.78 Å². The van der Waals surface area contributed by atoms with Crippen molar-refractivity contribution in [1.29, 1.82) is 0 Å². The van der Waals surface area contributed by atoms with Crippen molar-refractivity contribution in [3.8, 4) is 5.75 Å². The van der Waals surface area contributed by atoms with Crippen molar-refractivity contribution >= 4 is 17.4 Å². The Morgan fingerprint density at radius 3 is 2.66 bits per heavy atom. The standard InChI is InChI=1S/C21H17F5N4O2/c1-32-13-4-2-3-11(7-13)16-9-18(21(24,25)26)30-19(27-16)10-17(29-30)20(31)28-15-6-5-12(22)8-14(15)23/h2-8,10,16,18,27H,9H2,1H3,(H,28,31)/t16-,18-/m0/s1. The van der Waals surface area contributed by atoms with E-state index in [-0.39, 0.29) is 23.6 Å². The summed E-state index contributed by atoms with van der Waals surface area (Å²) in [4.78, 5) is 12.5. The number of carbonyl (C=O) groups excluding carboxylic acids is 1. The number of anilines is 2. The van der Waals surface area contributed by atoms with Crippen molar-refractivity contribution in [3.63, 3.8) is 0 Å². The van der Waals surface area contributed by atoms with E-state index >= 15 is 0 Å². The van der Waals surface area contributed by atoms with Crippen LogP contribution >= 0.6 is 0 Å². The summed E-state index contributed by atoms with van der Waals surface area (Å²) in [5.41, 5.74) is -0.0980. The van der Waals surface area contributed by atoms with Gasteiger partial charge in [0.25, 0.3) is 5.91 Å². The highest BCUT2D eigenvalue weighted by molar-refractivity contribution is 6.03. The predicted molar refractivity (Wildman–Crippen MR) is 106 cm³/mol. The number of aromatic nitrogens is 2. The summed E-state index contributed by atoms with van der Waals surface area (Å²) < 4.78 is 74.1. The van der Waals surface area contributed by atoms with E-state index in [9.17, 15) is 26.7 Å². The van der Waals surface area contributed by atoms with Crippen molar-refractivity contribution in [2.24, 2.45) is 0 Å². The molecule has 4 rings (SSSR count). The molecule has 0 radical (unpaired) electrons. The average Bonchev–Trinajstić information content (AvgIpc) is 3.18. The molecule has 0 unspecified atom stereocenters. The number of carbonyl (C=O) groups is 1. The van der Waals surface area contributed by atoms with Gasteiger partial charge in [0.1, 0.15) is 23.2 Å². The Balaban J connectivity index is 1.65. The first-order valence-electron chi connectivity index (χ1n) is 9.49. The summed E-state index contributed by atoms with van der Waals surface area (Å²) in [7, 11) is 1.45. The van der Waals surface area contributed by atoms with E-state index in [4.69, 9.17) is 4.74 Å². The number of hydrogen-bond acceptors (Lipinski definition) is 4. The lowest BCUT2D eigenvalue weighted by Gasteiger charge is -2.33. The number of rotatable bonds is 4. The topological polar surface area (TPSA) is 68.2 Å². The van der Waals surface area contributed by atoms with Gasteiger partial charge >= 0.3 is 6.18 Å². The van der Waals surface area contributed by atoms with Crippen molar-refractivity contribution in [3.05, 3.63) is 71.4 Å². The van der Waals surface area contributed by atoms with Crippen LogP contribution in [0.2, 0.25) is 0 Å². The molecule has 32 heavy (non-hydrogen) atoms. The van der Waals surface area contributed by atoms with Crippen LogP contribution < -0.4 is 15.4 Å². The zero-order valence-corrected chi connectivity index (χ0v) is 16.6. The van der Waals surface area contributed by atoms with E-state index in [2.05, 4.69) is 15.7 Å². The summed E-state index contributed by atoms with van der Waals surface area (Å²) in [6.45, 7) is 0. The molecule has 0 bridgehead atoms. The fraction of sp³-hybridized carbons (Fsp3) is 0.238. The lowest BCUT2D eigenvalue weighted by atomic mass is 9.97. The number of alkyl halides is 3. The zero-order valence-electron chi connectivity index (χ0n) is 16.6. The Bertz CT molecular complexity index is 1160. The van der Waals surface area contributed by atoms with E-state index in [1.807, 2.05) is 0 Å². The van der Waals surface area contributed by atoms with Gasteiger partial charge in [0.05, 0.1) is 18.8 Å². The lowest BCUT2D eigenvalue weighted by molar-refractivity contribution is -0.173. The average molecular weight is 452 g/mol. The normalized spacial score (nSPS) is 17.9. The van der Waals surface area contributed by atoms with Crippen LogP contribution in [0.3, 0.4) is 0 Å². The maximum atomic E-state index is 13.8. The maximum absolute atomic E-state index is 13.8. The molecule has 0 aliphatic carbocycles. The molecule has 1 amide bonds. The minimum atomic E-state index is -4.63. The lowest BCUT2D eigenvalue weighted by Crippen LogP contribution is -2.35. The molecule has 168 valence electrons. The first-order valence-corrected chi connectivity index (χ1v) is 9.49. The smallest absolute Gasteiger partial charge is 0.410 e. The Morgan fingerprint density at radius 1 is 1.19 bits per heavy atom. The highest BCUT2D eigenvalue weighted by atomic mass is 19.4. The van der Waals surface area contributed by atoms with Gasteiger partial charge in [0.2, 0.25) is 0 Å². The molecule has 11 heteroatoms. The third-order valence-electron chi connectivity index (χ3n) is 5.10. The number of amides is 1. The summed E-state index contributed by atoms with van der Waals surface area (Å²) >= 11 is 0. The molecular formula is C21H17F5N4O2. The molecule has 0 saturated carbocycles. The molecule has 0 spiro atoms. The van der Waals surface area contributed by atoms with Crippen LogP contribution in [0.5, 0.6) is 5.75 Å². The maximum Gasteiger partial charge on any atom is 0.410 e. The van der Waals surface area contributed by atoms with Gasteiger partial charge in [0.15, 0.2) is 11.7 Å². The molecule has 0 saturated heterocycles. The molecule has 1 aromatic heterocycles. The summed E-state index contributed by atoms with van der Waals surface area (Å²) in [6, 6.07) is 7.62. The molecule has 2 atom stereocenters. The number of benzene rings is 2. The minimum absolute atomic E-state index is 0.0175. The van der Waals surface area contributed by atoms with E-state index in [0.29, 0.717) is 22.1 Å². The fourth-order valence-electron chi connectivity index (χ4n) is 3.54. The molecule has 1 aliphatic rings. The van der Waals surface area contributed by atoms with Gasteiger partial charge in [-0.1, -0.05) is 12.1 Å². The number of nitrogens with one attached hydrogen (secondary N) is 2. The highest BCUT2D eigenvalue weighted by Gasteiger charge is 2.46. The van der Waals surface area contributed by atoms with Crippen molar-refractivity contribution < 1.29 is 31.5 Å². The Morgan fingerprint density at radius 2 is 1.97 bits per heavy atom. The first kappa shape index (κ1) is 21.6. The highest BCUT2D eigenvalue weighted by Crippen LogP contribution is 2.44. The van der Waals surface area contributed by atoms with Gasteiger partial charge < -0.3 is 15.4 Å². The van der Waals surface area contributed by atoms with Gasteiger partial charge in [-0.3, -0.25) is 4.79 Å². The molecular weight excluding hydrogens is 435 g/mol. The second-order valence-electron chi connectivity index (χ2n) is 7.20. The Kier molecular flexibility index (Phi) is 5.49. The molecule has 2 aromatic carbocycles. The molecule has 6 nitrogen and oxygen atoms in total. The first-order chi connectivity index (χ1) is 15.2. The Hall–Kier alpha value is -3.63. The second kappa shape index (κ2) is 8.13. The quantitative estimate of drug-likeness (QED) is 0.542. The number of hydrogen-bond donors (Lipinski definition) is 2. The zero-order chi connectivity index (χ0) is 23.0. The van der Waals surface area contributed by atoms with Gasteiger partial charge in [-0.05, 0) is 29.8 Å². The largest absolute Gasteiger partial charge is 0.497 e. The van der Waals surface area contributed by atoms with E-state index in [1.54, 1.807) is 24.3 Å². The van der Waals surface area contributed by atoms with Gasteiger partial charge in [-0.15, -0.1) is 0 Å². The monoisotopic (exact) mass is 452 g/mol. The molecule has 3 aromatic rings.